The van der Waals surface area contributed by atoms with Crippen LogP contribution in [0.1, 0.15) is 26.9 Å². The molecule has 0 bridgehead atoms. The van der Waals surface area contributed by atoms with Gasteiger partial charge in [0.25, 0.3) is 5.91 Å². The molecule has 120 valence electrons. The largest absolute Gasteiger partial charge is 0.322 e. The summed E-state index contributed by atoms with van der Waals surface area (Å²) < 4.78 is 27.7. The molecule has 1 N–H and O–H groups in total. The first-order chi connectivity index (χ1) is 11.1. The second-order valence-corrected chi connectivity index (χ2v) is 7.83. The standard InChI is InChI=1S/C17H15F2NOS2/c18-13-6-2-7-14(19)15(13)16(21)20-12-5-1-4-11(10-12)17-22-8-3-9-23-17/h1-2,4-7,10,17H,3,8-9H2,(H,20,21). The van der Waals surface area contributed by atoms with Gasteiger partial charge in [0, 0.05) is 5.69 Å². The van der Waals surface area contributed by atoms with Crippen molar-refractivity contribution in [2.24, 2.45) is 0 Å². The number of nitrogens with one attached hydrogen (secondary N) is 1. The molecule has 6 heteroatoms. The molecule has 2 aromatic carbocycles. The number of carbonyl (C=O) groups is 1. The molecule has 1 aliphatic rings. The Balaban J connectivity index is 1.79. The molecule has 1 aliphatic heterocycles. The second kappa shape index (κ2) is 7.36. The van der Waals surface area contributed by atoms with Crippen LogP contribution in [0.25, 0.3) is 0 Å². The molecular formula is C17H15F2NOS2. The van der Waals surface area contributed by atoms with Gasteiger partial charge in [0.1, 0.15) is 17.2 Å². The highest BCUT2D eigenvalue weighted by atomic mass is 32.2. The van der Waals surface area contributed by atoms with Crippen molar-refractivity contribution >= 4 is 35.1 Å². The third-order valence-corrected chi connectivity index (χ3v) is 6.45. The van der Waals surface area contributed by atoms with Crippen molar-refractivity contribution in [1.29, 1.82) is 0 Å². The lowest BCUT2D eigenvalue weighted by atomic mass is 10.1. The predicted octanol–water partition coefficient (Wildman–Crippen LogP) is 5.09. The average Bonchev–Trinajstić information content (AvgIpc) is 2.56. The minimum Gasteiger partial charge on any atom is -0.322 e. The van der Waals surface area contributed by atoms with Crippen molar-refractivity contribution in [1.82, 2.24) is 0 Å². The number of hydrogen-bond donors (Lipinski definition) is 1. The summed E-state index contributed by atoms with van der Waals surface area (Å²) in [6, 6.07) is 10.8. The minimum absolute atomic E-state index is 0.339. The van der Waals surface area contributed by atoms with Gasteiger partial charge in [-0.05, 0) is 47.8 Å². The molecule has 2 aromatic rings. The highest BCUT2D eigenvalue weighted by Gasteiger charge is 2.19. The molecule has 0 atom stereocenters. The fraction of sp³-hybridized carbons (Fsp3) is 0.235. The predicted molar refractivity (Wildman–Crippen MR) is 93.0 cm³/mol. The first-order valence-corrected chi connectivity index (χ1v) is 9.33. The van der Waals surface area contributed by atoms with Crippen LogP contribution in [0.5, 0.6) is 0 Å². The van der Waals surface area contributed by atoms with E-state index in [0.29, 0.717) is 10.3 Å². The van der Waals surface area contributed by atoms with Crippen LogP contribution in [-0.2, 0) is 0 Å². The van der Waals surface area contributed by atoms with Gasteiger partial charge < -0.3 is 5.32 Å². The zero-order valence-electron chi connectivity index (χ0n) is 12.2. The van der Waals surface area contributed by atoms with Crippen molar-refractivity contribution in [3.8, 4) is 0 Å². The number of hydrogen-bond acceptors (Lipinski definition) is 3. The highest BCUT2D eigenvalue weighted by molar-refractivity contribution is 8.16. The Kier molecular flexibility index (Phi) is 5.23. The quantitative estimate of drug-likeness (QED) is 0.835. The number of halogens is 2. The Bertz CT molecular complexity index is 697. The van der Waals surface area contributed by atoms with Crippen LogP contribution in [0.2, 0.25) is 0 Å². The van der Waals surface area contributed by atoms with E-state index in [9.17, 15) is 13.6 Å². The van der Waals surface area contributed by atoms with E-state index in [0.717, 1.165) is 29.2 Å². The maximum absolute atomic E-state index is 13.7. The van der Waals surface area contributed by atoms with Crippen molar-refractivity contribution in [3.63, 3.8) is 0 Å². The van der Waals surface area contributed by atoms with Crippen LogP contribution in [0.15, 0.2) is 42.5 Å². The van der Waals surface area contributed by atoms with E-state index in [-0.39, 0.29) is 0 Å². The third kappa shape index (κ3) is 3.87. The van der Waals surface area contributed by atoms with Crippen LogP contribution in [0.3, 0.4) is 0 Å². The molecule has 3 rings (SSSR count). The molecule has 0 unspecified atom stereocenters. The van der Waals surface area contributed by atoms with E-state index < -0.39 is 23.1 Å². The molecule has 1 fully saturated rings. The number of anilines is 1. The molecule has 2 nitrogen and oxygen atoms in total. The van der Waals surface area contributed by atoms with Crippen molar-refractivity contribution < 1.29 is 13.6 Å². The van der Waals surface area contributed by atoms with E-state index in [1.54, 1.807) is 6.07 Å². The van der Waals surface area contributed by atoms with Gasteiger partial charge in [0.05, 0.1) is 4.58 Å². The van der Waals surface area contributed by atoms with Gasteiger partial charge in [-0.25, -0.2) is 8.78 Å². The summed E-state index contributed by atoms with van der Waals surface area (Å²) >= 11 is 3.75. The normalized spacial score (nSPS) is 15.4. The van der Waals surface area contributed by atoms with E-state index in [2.05, 4.69) is 5.32 Å². The van der Waals surface area contributed by atoms with Crippen LogP contribution in [0.4, 0.5) is 14.5 Å². The van der Waals surface area contributed by atoms with Crippen LogP contribution in [-0.4, -0.2) is 17.4 Å². The molecule has 1 saturated heterocycles. The lowest BCUT2D eigenvalue weighted by Crippen LogP contribution is -2.16. The molecular weight excluding hydrogens is 336 g/mol. The summed E-state index contributed by atoms with van der Waals surface area (Å²) in [5.41, 5.74) is 1.09. The van der Waals surface area contributed by atoms with E-state index in [1.165, 1.54) is 12.5 Å². The Morgan fingerprint density at radius 2 is 1.70 bits per heavy atom. The lowest BCUT2D eigenvalue weighted by molar-refractivity contribution is 0.101. The number of thioether (sulfide) groups is 2. The zero-order chi connectivity index (χ0) is 16.2. The summed E-state index contributed by atoms with van der Waals surface area (Å²) in [5.74, 6) is -0.264. The fourth-order valence-electron chi connectivity index (χ4n) is 2.35. The molecule has 0 saturated carbocycles. The maximum Gasteiger partial charge on any atom is 0.261 e. The molecule has 0 aliphatic carbocycles. The van der Waals surface area contributed by atoms with E-state index in [4.69, 9.17) is 0 Å². The molecule has 1 heterocycles. The molecule has 0 aromatic heterocycles. The number of amides is 1. The van der Waals surface area contributed by atoms with Gasteiger partial charge in [-0.15, -0.1) is 23.5 Å². The summed E-state index contributed by atoms with van der Waals surface area (Å²) in [5, 5.41) is 2.58. The Labute approximate surface area is 142 Å². The molecule has 0 spiro atoms. The first kappa shape index (κ1) is 16.3. The smallest absolute Gasteiger partial charge is 0.261 e. The van der Waals surface area contributed by atoms with Gasteiger partial charge in [0.2, 0.25) is 0 Å². The second-order valence-electron chi connectivity index (χ2n) is 5.10. The summed E-state index contributed by atoms with van der Waals surface area (Å²) in [6.07, 6.45) is 1.20. The van der Waals surface area contributed by atoms with Crippen LogP contribution < -0.4 is 5.32 Å². The molecule has 23 heavy (non-hydrogen) atoms. The Morgan fingerprint density at radius 3 is 2.39 bits per heavy atom. The highest BCUT2D eigenvalue weighted by Crippen LogP contribution is 2.44. The van der Waals surface area contributed by atoms with Gasteiger partial charge >= 0.3 is 0 Å². The zero-order valence-corrected chi connectivity index (χ0v) is 13.9. The molecule has 1 amide bonds. The Morgan fingerprint density at radius 1 is 1.04 bits per heavy atom. The first-order valence-electron chi connectivity index (χ1n) is 7.23. The summed E-state index contributed by atoms with van der Waals surface area (Å²) in [7, 11) is 0. The third-order valence-electron chi connectivity index (χ3n) is 3.43. The van der Waals surface area contributed by atoms with Crippen LogP contribution >= 0.6 is 23.5 Å². The SMILES string of the molecule is O=C(Nc1cccc(C2SCCCS2)c1)c1c(F)cccc1F. The van der Waals surface area contributed by atoms with Gasteiger partial charge in [0.15, 0.2) is 0 Å². The maximum atomic E-state index is 13.7. The van der Waals surface area contributed by atoms with Crippen molar-refractivity contribution in [3.05, 3.63) is 65.2 Å². The van der Waals surface area contributed by atoms with E-state index in [1.807, 2.05) is 41.7 Å². The van der Waals surface area contributed by atoms with E-state index >= 15 is 0 Å². The Hall–Kier alpha value is -1.53. The van der Waals surface area contributed by atoms with Gasteiger partial charge in [-0.3, -0.25) is 4.79 Å². The van der Waals surface area contributed by atoms with Gasteiger partial charge in [-0.2, -0.15) is 0 Å². The van der Waals surface area contributed by atoms with Crippen molar-refractivity contribution in [2.75, 3.05) is 16.8 Å². The fourth-order valence-corrected chi connectivity index (χ4v) is 5.22. The number of benzene rings is 2. The monoisotopic (exact) mass is 351 g/mol. The topological polar surface area (TPSA) is 29.1 Å². The number of rotatable bonds is 3. The number of carbonyl (C=O) groups excluding carboxylic acids is 1. The summed E-state index contributed by atoms with van der Waals surface area (Å²) in [4.78, 5) is 12.1. The van der Waals surface area contributed by atoms with Crippen molar-refractivity contribution in [2.45, 2.75) is 11.0 Å². The minimum atomic E-state index is -0.864. The lowest BCUT2D eigenvalue weighted by Gasteiger charge is -2.21. The van der Waals surface area contributed by atoms with Gasteiger partial charge in [-0.1, -0.05) is 18.2 Å². The average molecular weight is 351 g/mol. The van der Waals surface area contributed by atoms with Crippen LogP contribution in [0, 0.1) is 11.6 Å². The summed E-state index contributed by atoms with van der Waals surface area (Å²) in [6.45, 7) is 0. The molecule has 0 radical (unpaired) electrons.